The van der Waals surface area contributed by atoms with Crippen molar-refractivity contribution in [3.8, 4) is 0 Å². The van der Waals surface area contributed by atoms with E-state index >= 15 is 0 Å². The minimum Gasteiger partial charge on any atom is -0.292 e. The maximum absolute atomic E-state index is 11.5. The first-order valence-corrected chi connectivity index (χ1v) is 8.95. The van der Waals surface area contributed by atoms with E-state index in [0.717, 1.165) is 48.6 Å². The Morgan fingerprint density at radius 1 is 1.40 bits per heavy atom. The standard InChI is InChI=1S/C12H14N4O2S2/c1-20(17,18)12-14-6-9-7-16(4-2-10(9)15-12)8-11-13-3-5-19-11/h3,5-6H,2,4,7-8H2,1H3. The van der Waals surface area contributed by atoms with Crippen molar-refractivity contribution in [2.45, 2.75) is 24.7 Å². The first-order valence-electron chi connectivity index (χ1n) is 6.18. The molecule has 0 amide bonds. The molecule has 0 spiro atoms. The van der Waals surface area contributed by atoms with E-state index in [4.69, 9.17) is 0 Å². The second kappa shape index (κ2) is 5.19. The number of sulfone groups is 1. The molecule has 106 valence electrons. The molecule has 3 heterocycles. The lowest BCUT2D eigenvalue weighted by atomic mass is 10.1. The van der Waals surface area contributed by atoms with Crippen molar-refractivity contribution in [2.75, 3.05) is 12.8 Å². The van der Waals surface area contributed by atoms with E-state index in [-0.39, 0.29) is 5.16 Å². The van der Waals surface area contributed by atoms with Crippen LogP contribution in [0.2, 0.25) is 0 Å². The summed E-state index contributed by atoms with van der Waals surface area (Å²) in [4.78, 5) is 14.7. The van der Waals surface area contributed by atoms with Crippen LogP contribution in [0.3, 0.4) is 0 Å². The summed E-state index contributed by atoms with van der Waals surface area (Å²) in [6.45, 7) is 2.40. The SMILES string of the molecule is CS(=O)(=O)c1ncc2c(n1)CCN(Cc1nccs1)C2. The Balaban J connectivity index is 1.79. The first-order chi connectivity index (χ1) is 9.52. The second-order valence-corrected chi connectivity index (χ2v) is 7.67. The van der Waals surface area contributed by atoms with E-state index in [1.165, 1.54) is 0 Å². The van der Waals surface area contributed by atoms with E-state index in [1.54, 1.807) is 23.7 Å². The molecule has 8 heteroatoms. The van der Waals surface area contributed by atoms with Crippen LogP contribution in [0.15, 0.2) is 22.9 Å². The molecule has 0 radical (unpaired) electrons. The van der Waals surface area contributed by atoms with Crippen molar-refractivity contribution >= 4 is 21.2 Å². The third kappa shape index (κ3) is 2.87. The maximum atomic E-state index is 11.5. The van der Waals surface area contributed by atoms with Gasteiger partial charge in [0.05, 0.1) is 12.2 Å². The summed E-state index contributed by atoms with van der Waals surface area (Å²) in [5.74, 6) is 0. The third-order valence-electron chi connectivity index (χ3n) is 3.16. The highest BCUT2D eigenvalue weighted by atomic mass is 32.2. The Kier molecular flexibility index (Phi) is 3.53. The molecule has 0 aromatic carbocycles. The molecule has 0 atom stereocenters. The highest BCUT2D eigenvalue weighted by Crippen LogP contribution is 2.20. The zero-order chi connectivity index (χ0) is 14.2. The predicted octanol–water partition coefficient (Wildman–Crippen LogP) is 0.895. The zero-order valence-electron chi connectivity index (χ0n) is 11.0. The molecular weight excluding hydrogens is 296 g/mol. The summed E-state index contributed by atoms with van der Waals surface area (Å²) in [5, 5.41) is 2.97. The Hall–Kier alpha value is -1.38. The normalized spacial score (nSPS) is 16.1. The molecule has 2 aromatic rings. The molecule has 1 aliphatic heterocycles. The lowest BCUT2D eigenvalue weighted by Gasteiger charge is -2.27. The lowest BCUT2D eigenvalue weighted by Crippen LogP contribution is -2.31. The van der Waals surface area contributed by atoms with Gasteiger partial charge in [0.2, 0.25) is 15.0 Å². The van der Waals surface area contributed by atoms with Crippen LogP contribution in [0.1, 0.15) is 16.3 Å². The summed E-state index contributed by atoms with van der Waals surface area (Å²) in [6.07, 6.45) is 5.31. The van der Waals surface area contributed by atoms with Crippen molar-refractivity contribution in [3.63, 3.8) is 0 Å². The third-order valence-corrected chi connectivity index (χ3v) is 4.79. The Morgan fingerprint density at radius 2 is 2.25 bits per heavy atom. The molecule has 0 fully saturated rings. The van der Waals surface area contributed by atoms with Gasteiger partial charge in [0.1, 0.15) is 5.01 Å². The van der Waals surface area contributed by atoms with Crippen LogP contribution in [0, 0.1) is 0 Å². The summed E-state index contributed by atoms with van der Waals surface area (Å²) < 4.78 is 22.9. The fraction of sp³-hybridized carbons (Fsp3) is 0.417. The summed E-state index contributed by atoms with van der Waals surface area (Å²) >= 11 is 1.64. The van der Waals surface area contributed by atoms with Gasteiger partial charge in [-0.25, -0.2) is 23.4 Å². The topological polar surface area (TPSA) is 76.1 Å². The average Bonchev–Trinajstić information content (AvgIpc) is 2.90. The first kappa shape index (κ1) is 13.6. The largest absolute Gasteiger partial charge is 0.292 e. The molecule has 20 heavy (non-hydrogen) atoms. The van der Waals surface area contributed by atoms with Gasteiger partial charge in [-0.1, -0.05) is 0 Å². The van der Waals surface area contributed by atoms with Crippen LogP contribution in [0.4, 0.5) is 0 Å². The zero-order valence-corrected chi connectivity index (χ0v) is 12.6. The van der Waals surface area contributed by atoms with Gasteiger partial charge >= 0.3 is 0 Å². The maximum Gasteiger partial charge on any atom is 0.246 e. The van der Waals surface area contributed by atoms with Gasteiger partial charge in [0.15, 0.2) is 0 Å². The van der Waals surface area contributed by atoms with Crippen molar-refractivity contribution < 1.29 is 8.42 Å². The van der Waals surface area contributed by atoms with Gasteiger partial charge in [-0.3, -0.25) is 4.90 Å². The molecule has 2 aromatic heterocycles. The summed E-state index contributed by atoms with van der Waals surface area (Å²) in [6, 6.07) is 0. The number of hydrogen-bond acceptors (Lipinski definition) is 7. The van der Waals surface area contributed by atoms with Gasteiger partial charge in [0.25, 0.3) is 0 Å². The summed E-state index contributed by atoms with van der Waals surface area (Å²) in [5.41, 5.74) is 1.84. The van der Waals surface area contributed by atoms with Gasteiger partial charge in [-0.05, 0) is 0 Å². The monoisotopic (exact) mass is 310 g/mol. The van der Waals surface area contributed by atoms with E-state index in [0.29, 0.717) is 0 Å². The van der Waals surface area contributed by atoms with Gasteiger partial charge < -0.3 is 0 Å². The molecule has 3 rings (SSSR count). The van der Waals surface area contributed by atoms with E-state index < -0.39 is 9.84 Å². The number of aromatic nitrogens is 3. The van der Waals surface area contributed by atoms with Crippen LogP contribution in [-0.2, 0) is 29.3 Å². The van der Waals surface area contributed by atoms with Crippen LogP contribution in [0.5, 0.6) is 0 Å². The fourth-order valence-electron chi connectivity index (χ4n) is 2.19. The highest BCUT2D eigenvalue weighted by Gasteiger charge is 2.21. The highest BCUT2D eigenvalue weighted by molar-refractivity contribution is 7.90. The quantitative estimate of drug-likeness (QED) is 0.784. The van der Waals surface area contributed by atoms with Crippen LogP contribution in [-0.4, -0.2) is 41.1 Å². The van der Waals surface area contributed by atoms with Crippen LogP contribution < -0.4 is 0 Å². The van der Waals surface area contributed by atoms with Gasteiger partial charge in [-0.2, -0.15) is 0 Å². The number of thiazole rings is 1. The number of rotatable bonds is 3. The van der Waals surface area contributed by atoms with Crippen molar-refractivity contribution in [3.05, 3.63) is 34.0 Å². The lowest BCUT2D eigenvalue weighted by molar-refractivity contribution is 0.241. The van der Waals surface area contributed by atoms with E-state index in [1.807, 2.05) is 5.38 Å². The van der Waals surface area contributed by atoms with Crippen LogP contribution in [0.25, 0.3) is 0 Å². The Labute approximate surface area is 121 Å². The Morgan fingerprint density at radius 3 is 2.95 bits per heavy atom. The number of nitrogens with zero attached hydrogens (tertiary/aromatic N) is 4. The van der Waals surface area contributed by atoms with E-state index in [2.05, 4.69) is 19.9 Å². The van der Waals surface area contributed by atoms with Crippen molar-refractivity contribution in [2.24, 2.45) is 0 Å². The van der Waals surface area contributed by atoms with Gasteiger partial charge in [0, 0.05) is 49.1 Å². The van der Waals surface area contributed by atoms with Gasteiger partial charge in [-0.15, -0.1) is 11.3 Å². The fourth-order valence-corrected chi connectivity index (χ4v) is 3.37. The molecule has 0 N–H and O–H groups in total. The minimum absolute atomic E-state index is 0.0791. The average molecular weight is 310 g/mol. The second-order valence-electron chi connectivity index (χ2n) is 4.78. The van der Waals surface area contributed by atoms with Crippen molar-refractivity contribution in [1.82, 2.24) is 19.9 Å². The minimum atomic E-state index is -3.34. The molecule has 6 nitrogen and oxygen atoms in total. The van der Waals surface area contributed by atoms with E-state index in [9.17, 15) is 8.42 Å². The molecule has 0 saturated heterocycles. The van der Waals surface area contributed by atoms with Crippen molar-refractivity contribution in [1.29, 1.82) is 0 Å². The number of fused-ring (bicyclic) bond motifs is 1. The molecule has 0 saturated carbocycles. The summed E-state index contributed by atoms with van der Waals surface area (Å²) in [7, 11) is -3.34. The Bertz CT molecular complexity index is 713. The molecule has 0 aliphatic carbocycles. The molecule has 1 aliphatic rings. The van der Waals surface area contributed by atoms with Crippen LogP contribution >= 0.6 is 11.3 Å². The predicted molar refractivity (Wildman–Crippen MR) is 75.1 cm³/mol. The molecule has 0 bridgehead atoms. The molecular formula is C12H14N4O2S2. The number of hydrogen-bond donors (Lipinski definition) is 0. The smallest absolute Gasteiger partial charge is 0.246 e. The molecule has 0 unspecified atom stereocenters.